The van der Waals surface area contributed by atoms with Crippen LogP contribution in [0.15, 0.2) is 65.1 Å². The molecule has 0 N–H and O–H groups in total. The molecule has 5 aromatic rings. The maximum absolute atomic E-state index is 14.2. The molecular weight excluding hydrogens is 373 g/mol. The van der Waals surface area contributed by atoms with Gasteiger partial charge in [0, 0.05) is 33.3 Å². The van der Waals surface area contributed by atoms with Crippen molar-refractivity contribution in [3.8, 4) is 11.3 Å². The van der Waals surface area contributed by atoms with Crippen LogP contribution < -0.4 is 0 Å². The first-order valence-corrected chi connectivity index (χ1v) is 10.6. The Hall–Kier alpha value is -3.20. The monoisotopic (exact) mass is 397 g/mol. The molecule has 0 bridgehead atoms. The number of hydrogen-bond acceptors (Lipinski definition) is 2. The van der Waals surface area contributed by atoms with Crippen LogP contribution in [0.1, 0.15) is 43.9 Å². The number of aromatic nitrogens is 1. The second-order valence-corrected chi connectivity index (χ2v) is 8.06. The second-order valence-electron chi connectivity index (χ2n) is 8.06. The van der Waals surface area contributed by atoms with Gasteiger partial charge in [0.25, 0.3) is 0 Å². The standard InChI is InChI=1S/C27H24FNO/c1-4-17(5-2)24-14-18-10-11-19(28)15-21(18)26(29-24)23-13-16(3)12-22-20-8-6-7-9-25(20)30-27(22)23/h6-15,17H,4-5H2,1-3H3. The van der Waals surface area contributed by atoms with Crippen LogP contribution in [0.4, 0.5) is 4.39 Å². The molecule has 2 nitrogen and oxygen atoms in total. The Morgan fingerprint density at radius 3 is 2.50 bits per heavy atom. The van der Waals surface area contributed by atoms with Gasteiger partial charge in [-0.2, -0.15) is 0 Å². The number of aryl methyl sites for hydroxylation is 1. The second kappa shape index (κ2) is 7.24. The quantitative estimate of drug-likeness (QED) is 0.306. The summed E-state index contributed by atoms with van der Waals surface area (Å²) in [6, 6.07) is 19.4. The Morgan fingerprint density at radius 2 is 1.70 bits per heavy atom. The van der Waals surface area contributed by atoms with E-state index in [2.05, 4.69) is 45.0 Å². The summed E-state index contributed by atoms with van der Waals surface area (Å²) in [4.78, 5) is 5.09. The summed E-state index contributed by atoms with van der Waals surface area (Å²) < 4.78 is 20.5. The van der Waals surface area contributed by atoms with Crippen LogP contribution in [-0.2, 0) is 0 Å². The van der Waals surface area contributed by atoms with Gasteiger partial charge in [-0.3, -0.25) is 4.98 Å². The lowest BCUT2D eigenvalue weighted by atomic mass is 9.94. The molecule has 3 aromatic carbocycles. The zero-order valence-corrected chi connectivity index (χ0v) is 17.5. The summed E-state index contributed by atoms with van der Waals surface area (Å²) in [7, 11) is 0. The third kappa shape index (κ3) is 2.97. The summed E-state index contributed by atoms with van der Waals surface area (Å²) in [5.41, 5.74) is 5.56. The highest BCUT2D eigenvalue weighted by Gasteiger charge is 2.19. The molecule has 2 heterocycles. The molecule has 2 aromatic heterocycles. The van der Waals surface area contributed by atoms with Crippen molar-refractivity contribution in [3.63, 3.8) is 0 Å². The van der Waals surface area contributed by atoms with Crippen molar-refractivity contribution < 1.29 is 8.81 Å². The number of pyridine rings is 1. The van der Waals surface area contributed by atoms with E-state index in [1.165, 1.54) is 6.07 Å². The van der Waals surface area contributed by atoms with Crippen LogP contribution in [-0.4, -0.2) is 4.98 Å². The smallest absolute Gasteiger partial charge is 0.144 e. The number of benzene rings is 3. The molecule has 3 heteroatoms. The fourth-order valence-electron chi connectivity index (χ4n) is 4.51. The van der Waals surface area contributed by atoms with Gasteiger partial charge < -0.3 is 4.42 Å². The van der Waals surface area contributed by atoms with E-state index >= 15 is 0 Å². The summed E-state index contributed by atoms with van der Waals surface area (Å²) in [6.45, 7) is 6.46. The van der Waals surface area contributed by atoms with Gasteiger partial charge in [-0.15, -0.1) is 0 Å². The van der Waals surface area contributed by atoms with Gasteiger partial charge in [0.2, 0.25) is 0 Å². The SMILES string of the molecule is CCC(CC)c1cc2ccc(F)cc2c(-c2cc(C)cc3c2oc2ccccc23)n1. The molecule has 150 valence electrons. The average Bonchev–Trinajstić information content (AvgIpc) is 3.12. The first-order chi connectivity index (χ1) is 14.6. The Labute approximate surface area is 175 Å². The lowest BCUT2D eigenvalue weighted by Gasteiger charge is -2.16. The molecule has 0 radical (unpaired) electrons. The van der Waals surface area contributed by atoms with E-state index in [1.807, 2.05) is 24.3 Å². The van der Waals surface area contributed by atoms with Gasteiger partial charge in [0.05, 0.1) is 5.69 Å². The van der Waals surface area contributed by atoms with Crippen molar-refractivity contribution in [2.75, 3.05) is 0 Å². The molecule has 0 saturated heterocycles. The number of hydrogen-bond donors (Lipinski definition) is 0. The molecular formula is C27H24FNO. The lowest BCUT2D eigenvalue weighted by Crippen LogP contribution is -2.01. The summed E-state index contributed by atoms with van der Waals surface area (Å²) >= 11 is 0. The molecule has 0 aliphatic carbocycles. The van der Waals surface area contributed by atoms with Crippen molar-refractivity contribution >= 4 is 32.7 Å². The van der Waals surface area contributed by atoms with Crippen molar-refractivity contribution in [2.24, 2.45) is 0 Å². The normalized spacial score (nSPS) is 11.9. The summed E-state index contributed by atoms with van der Waals surface area (Å²) in [5, 5.41) is 3.98. The highest BCUT2D eigenvalue weighted by molar-refractivity contribution is 6.11. The predicted octanol–water partition coefficient (Wildman–Crippen LogP) is 8.15. The minimum atomic E-state index is -0.255. The maximum Gasteiger partial charge on any atom is 0.144 e. The van der Waals surface area contributed by atoms with Crippen LogP contribution in [0.2, 0.25) is 0 Å². The van der Waals surface area contributed by atoms with Gasteiger partial charge >= 0.3 is 0 Å². The van der Waals surface area contributed by atoms with Crippen LogP contribution in [0.5, 0.6) is 0 Å². The number of nitrogens with zero attached hydrogens (tertiary/aromatic N) is 1. The molecule has 0 spiro atoms. The fourth-order valence-corrected chi connectivity index (χ4v) is 4.51. The zero-order valence-electron chi connectivity index (χ0n) is 17.5. The van der Waals surface area contributed by atoms with Crippen LogP contribution >= 0.6 is 0 Å². The number of rotatable bonds is 4. The van der Waals surface area contributed by atoms with Crippen molar-refractivity contribution in [1.82, 2.24) is 4.98 Å². The third-order valence-corrected chi connectivity index (χ3v) is 6.10. The third-order valence-electron chi connectivity index (χ3n) is 6.10. The summed E-state index contributed by atoms with van der Waals surface area (Å²) in [5.74, 6) is 0.114. The van der Waals surface area contributed by atoms with Crippen LogP contribution in [0, 0.1) is 12.7 Å². The molecule has 30 heavy (non-hydrogen) atoms. The largest absolute Gasteiger partial charge is 0.455 e. The number of furan rings is 1. The average molecular weight is 397 g/mol. The van der Waals surface area contributed by atoms with Crippen LogP contribution in [0.25, 0.3) is 44.0 Å². The van der Waals surface area contributed by atoms with Crippen LogP contribution in [0.3, 0.4) is 0 Å². The number of para-hydroxylation sites is 1. The zero-order chi connectivity index (χ0) is 20.8. The fraction of sp³-hybridized carbons (Fsp3) is 0.222. The molecule has 0 amide bonds. The van der Waals surface area contributed by atoms with Gasteiger partial charge in [-0.05, 0) is 67.1 Å². The Kier molecular flexibility index (Phi) is 4.54. The predicted molar refractivity (Wildman–Crippen MR) is 122 cm³/mol. The van der Waals surface area contributed by atoms with Gasteiger partial charge in [0.1, 0.15) is 17.0 Å². The van der Waals surface area contributed by atoms with Crippen molar-refractivity contribution in [1.29, 1.82) is 0 Å². The molecule has 0 saturated carbocycles. The minimum Gasteiger partial charge on any atom is -0.455 e. The van der Waals surface area contributed by atoms with Crippen molar-refractivity contribution in [3.05, 3.63) is 77.7 Å². The highest BCUT2D eigenvalue weighted by atomic mass is 19.1. The molecule has 0 unspecified atom stereocenters. The lowest BCUT2D eigenvalue weighted by molar-refractivity contribution is 0.623. The highest BCUT2D eigenvalue weighted by Crippen LogP contribution is 2.39. The van der Waals surface area contributed by atoms with E-state index in [4.69, 9.17) is 9.40 Å². The van der Waals surface area contributed by atoms with Gasteiger partial charge in [-0.1, -0.05) is 38.1 Å². The van der Waals surface area contributed by atoms with Gasteiger partial charge in [-0.25, -0.2) is 4.39 Å². The van der Waals surface area contributed by atoms with E-state index in [0.29, 0.717) is 5.92 Å². The Morgan fingerprint density at radius 1 is 0.900 bits per heavy atom. The molecule has 0 aliphatic heterocycles. The van der Waals surface area contributed by atoms with E-state index in [-0.39, 0.29) is 5.82 Å². The minimum absolute atomic E-state index is 0.255. The van der Waals surface area contributed by atoms with E-state index in [1.54, 1.807) is 6.07 Å². The maximum atomic E-state index is 14.2. The Balaban J connectivity index is 1.90. The molecule has 0 fully saturated rings. The topological polar surface area (TPSA) is 26.0 Å². The van der Waals surface area contributed by atoms with Gasteiger partial charge in [0.15, 0.2) is 0 Å². The van der Waals surface area contributed by atoms with E-state index in [0.717, 1.165) is 68.1 Å². The first-order valence-electron chi connectivity index (χ1n) is 10.6. The number of fused-ring (bicyclic) bond motifs is 4. The molecule has 0 aliphatic rings. The van der Waals surface area contributed by atoms with Crippen molar-refractivity contribution in [2.45, 2.75) is 39.5 Å². The van der Waals surface area contributed by atoms with E-state index in [9.17, 15) is 4.39 Å². The van der Waals surface area contributed by atoms with E-state index < -0.39 is 0 Å². The first kappa shape index (κ1) is 18.8. The molecule has 5 rings (SSSR count). The summed E-state index contributed by atoms with van der Waals surface area (Å²) in [6.07, 6.45) is 2.03. The number of halogens is 1. The molecule has 0 atom stereocenters. The Bertz CT molecular complexity index is 1390.